The highest BCUT2D eigenvalue weighted by Crippen LogP contribution is 2.37. The lowest BCUT2D eigenvalue weighted by Gasteiger charge is -2.26. The predicted octanol–water partition coefficient (Wildman–Crippen LogP) is 2.95. The lowest BCUT2D eigenvalue weighted by atomic mass is 9.95. The van der Waals surface area contributed by atoms with Crippen molar-refractivity contribution in [1.82, 2.24) is 4.57 Å². The van der Waals surface area contributed by atoms with Crippen molar-refractivity contribution in [2.24, 2.45) is 4.99 Å². The average molecular weight is 483 g/mol. The summed E-state index contributed by atoms with van der Waals surface area (Å²) in [7, 11) is 3.05. The van der Waals surface area contributed by atoms with E-state index >= 15 is 0 Å². The monoisotopic (exact) mass is 482 g/mol. The molecule has 2 heterocycles. The van der Waals surface area contributed by atoms with E-state index in [-0.39, 0.29) is 23.6 Å². The zero-order valence-corrected chi connectivity index (χ0v) is 19.9. The molecule has 1 aromatic heterocycles. The van der Waals surface area contributed by atoms with Crippen LogP contribution in [-0.4, -0.2) is 31.4 Å². The lowest BCUT2D eigenvalue weighted by Crippen LogP contribution is -2.40. The smallest absolute Gasteiger partial charge is 0.338 e. The third-order valence-corrected chi connectivity index (χ3v) is 6.40. The molecule has 0 fully saturated rings. The number of nitrogens with zero attached hydrogens (tertiary/aromatic N) is 2. The van der Waals surface area contributed by atoms with Crippen LogP contribution < -0.4 is 24.4 Å². The number of esters is 1. The van der Waals surface area contributed by atoms with Gasteiger partial charge in [-0.05, 0) is 49.8 Å². The van der Waals surface area contributed by atoms with Gasteiger partial charge in [-0.2, -0.15) is 0 Å². The molecule has 34 heavy (non-hydrogen) atoms. The van der Waals surface area contributed by atoms with Gasteiger partial charge < -0.3 is 14.2 Å². The second kappa shape index (κ2) is 9.64. The standard InChI is InChI=1S/C25H23FN2O5S/c1-5-33-24(30)21-14(2)27-25-28(22(21)18-11-10-17(31-3)13-19(18)32-4)23(29)20(34-25)12-15-6-8-16(26)9-7-15/h6-13,22H,5H2,1-4H3/b20-12+/t22-/m1/s1. The average Bonchev–Trinajstić information content (AvgIpc) is 3.13. The van der Waals surface area contributed by atoms with Crippen LogP contribution in [0, 0.1) is 5.82 Å². The van der Waals surface area contributed by atoms with E-state index in [4.69, 9.17) is 14.2 Å². The van der Waals surface area contributed by atoms with Gasteiger partial charge in [0, 0.05) is 11.6 Å². The summed E-state index contributed by atoms with van der Waals surface area (Å²) < 4.78 is 31.4. The maximum atomic E-state index is 13.6. The number of ether oxygens (including phenoxy) is 3. The van der Waals surface area contributed by atoms with Crippen LogP contribution in [0.15, 0.2) is 63.5 Å². The van der Waals surface area contributed by atoms with Gasteiger partial charge in [-0.15, -0.1) is 0 Å². The van der Waals surface area contributed by atoms with Gasteiger partial charge in [0.05, 0.1) is 36.6 Å². The number of carbonyl (C=O) groups is 1. The Morgan fingerprint density at radius 2 is 1.91 bits per heavy atom. The fourth-order valence-corrected chi connectivity index (χ4v) is 4.89. The van der Waals surface area contributed by atoms with E-state index in [2.05, 4.69) is 4.99 Å². The van der Waals surface area contributed by atoms with Crippen molar-refractivity contribution in [2.75, 3.05) is 20.8 Å². The summed E-state index contributed by atoms with van der Waals surface area (Å²) in [6, 6.07) is 10.2. The van der Waals surface area contributed by atoms with Crippen LogP contribution in [0.1, 0.15) is 31.0 Å². The van der Waals surface area contributed by atoms with Gasteiger partial charge in [0.1, 0.15) is 23.4 Å². The van der Waals surface area contributed by atoms with Gasteiger partial charge >= 0.3 is 5.97 Å². The molecule has 1 aliphatic heterocycles. The van der Waals surface area contributed by atoms with E-state index in [0.29, 0.717) is 37.7 Å². The van der Waals surface area contributed by atoms with Crippen LogP contribution >= 0.6 is 11.3 Å². The summed E-state index contributed by atoms with van der Waals surface area (Å²) in [5, 5.41) is 0. The van der Waals surface area contributed by atoms with Crippen molar-refractivity contribution in [3.05, 3.63) is 90.4 Å². The van der Waals surface area contributed by atoms with Crippen LogP contribution in [0.2, 0.25) is 0 Å². The molecule has 9 heteroatoms. The molecule has 0 N–H and O–H groups in total. The molecule has 1 atom stereocenters. The maximum Gasteiger partial charge on any atom is 0.338 e. The van der Waals surface area contributed by atoms with Crippen LogP contribution in [0.4, 0.5) is 4.39 Å². The number of aromatic nitrogens is 1. The van der Waals surface area contributed by atoms with E-state index in [0.717, 1.165) is 0 Å². The molecule has 0 spiro atoms. The van der Waals surface area contributed by atoms with Gasteiger partial charge in [-0.25, -0.2) is 14.2 Å². The molecule has 0 saturated heterocycles. The zero-order valence-electron chi connectivity index (χ0n) is 19.1. The van der Waals surface area contributed by atoms with E-state index in [1.165, 1.54) is 35.1 Å². The number of rotatable bonds is 6. The number of fused-ring (bicyclic) bond motifs is 1. The van der Waals surface area contributed by atoms with E-state index in [1.54, 1.807) is 57.4 Å². The Morgan fingerprint density at radius 3 is 2.56 bits per heavy atom. The first-order valence-corrected chi connectivity index (χ1v) is 11.4. The van der Waals surface area contributed by atoms with Crippen molar-refractivity contribution >= 4 is 23.4 Å². The van der Waals surface area contributed by atoms with Crippen molar-refractivity contribution < 1.29 is 23.4 Å². The first-order chi connectivity index (χ1) is 16.4. The van der Waals surface area contributed by atoms with Gasteiger partial charge in [-0.3, -0.25) is 9.36 Å². The second-order valence-corrected chi connectivity index (χ2v) is 8.47. The summed E-state index contributed by atoms with van der Waals surface area (Å²) in [6.45, 7) is 3.61. The minimum Gasteiger partial charge on any atom is -0.497 e. The molecule has 0 unspecified atom stereocenters. The number of halogens is 1. The third kappa shape index (κ3) is 4.26. The summed E-state index contributed by atoms with van der Waals surface area (Å²) in [6.07, 6.45) is 1.68. The Hall–Kier alpha value is -3.72. The number of hydrogen-bond donors (Lipinski definition) is 0. The molecule has 2 aromatic carbocycles. The van der Waals surface area contributed by atoms with Crippen molar-refractivity contribution in [2.45, 2.75) is 19.9 Å². The number of allylic oxidation sites excluding steroid dienone is 1. The van der Waals surface area contributed by atoms with E-state index in [9.17, 15) is 14.0 Å². The molecule has 0 bridgehead atoms. The summed E-state index contributed by atoms with van der Waals surface area (Å²) in [4.78, 5) is 31.6. The van der Waals surface area contributed by atoms with Crippen molar-refractivity contribution in [1.29, 1.82) is 0 Å². The van der Waals surface area contributed by atoms with Crippen LogP contribution in [0.3, 0.4) is 0 Å². The molecule has 0 aliphatic carbocycles. The van der Waals surface area contributed by atoms with Gasteiger partial charge in [0.15, 0.2) is 4.80 Å². The Bertz CT molecular complexity index is 1450. The Labute approximate surface area is 199 Å². The lowest BCUT2D eigenvalue weighted by molar-refractivity contribution is -0.139. The van der Waals surface area contributed by atoms with E-state index in [1.807, 2.05) is 0 Å². The van der Waals surface area contributed by atoms with Crippen molar-refractivity contribution in [3.63, 3.8) is 0 Å². The maximum absolute atomic E-state index is 13.6. The molecule has 7 nitrogen and oxygen atoms in total. The first-order valence-electron chi connectivity index (χ1n) is 10.5. The minimum absolute atomic E-state index is 0.178. The van der Waals surface area contributed by atoms with E-state index < -0.39 is 12.0 Å². The van der Waals surface area contributed by atoms with Crippen LogP contribution in [0.5, 0.6) is 11.5 Å². The Kier molecular flexibility index (Phi) is 6.65. The molecular weight excluding hydrogens is 459 g/mol. The largest absolute Gasteiger partial charge is 0.497 e. The topological polar surface area (TPSA) is 79.1 Å². The molecule has 3 aromatic rings. The predicted molar refractivity (Wildman–Crippen MR) is 126 cm³/mol. The quantitative estimate of drug-likeness (QED) is 0.505. The Morgan fingerprint density at radius 1 is 1.18 bits per heavy atom. The number of benzene rings is 2. The highest BCUT2D eigenvalue weighted by molar-refractivity contribution is 7.07. The fourth-order valence-electron chi connectivity index (χ4n) is 3.84. The molecular formula is C25H23FN2O5S. The van der Waals surface area contributed by atoms with Crippen molar-refractivity contribution in [3.8, 4) is 11.5 Å². The summed E-state index contributed by atoms with van der Waals surface area (Å²) in [5.74, 6) is 0.107. The molecule has 4 rings (SSSR count). The SMILES string of the molecule is CCOC(=O)C1=C(C)N=c2s/c(=C/c3ccc(F)cc3)c(=O)n2[C@@H]1c1ccc(OC)cc1OC. The van der Waals surface area contributed by atoms with Gasteiger partial charge in [-0.1, -0.05) is 23.5 Å². The number of carbonyl (C=O) groups excluding carboxylic acids is 1. The Balaban J connectivity index is 1.99. The molecule has 176 valence electrons. The summed E-state index contributed by atoms with van der Waals surface area (Å²) in [5.41, 5.74) is 1.65. The van der Waals surface area contributed by atoms with Gasteiger partial charge in [0.25, 0.3) is 5.56 Å². The van der Waals surface area contributed by atoms with Crippen LogP contribution in [0.25, 0.3) is 6.08 Å². The molecule has 0 radical (unpaired) electrons. The number of thiazole rings is 1. The zero-order chi connectivity index (χ0) is 24.4. The molecule has 0 saturated carbocycles. The fraction of sp³-hybridized carbons (Fsp3) is 0.240. The highest BCUT2D eigenvalue weighted by Gasteiger charge is 2.35. The highest BCUT2D eigenvalue weighted by atomic mass is 32.1. The second-order valence-electron chi connectivity index (χ2n) is 7.46. The van der Waals surface area contributed by atoms with Crippen LogP contribution in [-0.2, 0) is 9.53 Å². The number of methoxy groups -OCH3 is 2. The normalized spacial score (nSPS) is 15.6. The van der Waals surface area contributed by atoms with Gasteiger partial charge in [0.2, 0.25) is 0 Å². The number of hydrogen-bond acceptors (Lipinski definition) is 7. The molecule has 0 amide bonds. The third-order valence-electron chi connectivity index (χ3n) is 5.42. The summed E-state index contributed by atoms with van der Waals surface area (Å²) >= 11 is 1.19. The molecule has 1 aliphatic rings. The first kappa shape index (κ1) is 23.4. The minimum atomic E-state index is -0.813.